The summed E-state index contributed by atoms with van der Waals surface area (Å²) in [5, 5.41) is 0. The van der Waals surface area contributed by atoms with Crippen LogP contribution >= 0.6 is 13.8 Å². The molecule has 0 nitrogen and oxygen atoms in total. The van der Waals surface area contributed by atoms with E-state index in [2.05, 4.69) is 52.6 Å². The zero-order chi connectivity index (χ0) is 9.00. The molecule has 0 aliphatic heterocycles. The van der Waals surface area contributed by atoms with Gasteiger partial charge in [0.2, 0.25) is 0 Å². The minimum absolute atomic E-state index is 0.639. The predicted molar refractivity (Wildman–Crippen MR) is 63.6 cm³/mol. The van der Waals surface area contributed by atoms with E-state index in [-0.39, 0.29) is 0 Å². The molecule has 0 rings (SSSR count). The van der Waals surface area contributed by atoms with Crippen molar-refractivity contribution < 1.29 is 0 Å². The van der Waals surface area contributed by atoms with Crippen molar-refractivity contribution in [2.75, 3.05) is 40.0 Å². The van der Waals surface area contributed by atoms with Gasteiger partial charge in [0.05, 0.1) is 0 Å². The lowest BCUT2D eigenvalue weighted by atomic mass is 11.8. The Hall–Kier alpha value is 0.600. The van der Waals surface area contributed by atoms with Crippen LogP contribution in [0.15, 0.2) is 0 Å². The monoisotopic (exact) mass is 180 g/mol. The van der Waals surface area contributed by atoms with Crippen molar-refractivity contribution in [1.82, 2.24) is 0 Å². The molecule has 0 amide bonds. The largest absolute Gasteiger partial charge is 0.121 e. The number of hydrogen-bond donors (Lipinski definition) is 0. The molecule has 64 valence electrons. The maximum atomic E-state index is 3.88. The Morgan fingerprint density at radius 3 is 0.600 bits per heavy atom. The van der Waals surface area contributed by atoms with Gasteiger partial charge in [-0.3, -0.25) is 0 Å². The normalized spacial score (nSPS) is 11.8. The Kier molecular flexibility index (Phi) is 5.91. The molecule has 0 fully saturated rings. The fourth-order valence-electron chi connectivity index (χ4n) is 0. The van der Waals surface area contributed by atoms with Crippen LogP contribution in [0.1, 0.15) is 0 Å². The van der Waals surface area contributed by atoms with Crippen molar-refractivity contribution in [3.63, 3.8) is 0 Å². The van der Waals surface area contributed by atoms with Gasteiger partial charge in [0.25, 0.3) is 0 Å². The highest BCUT2D eigenvalue weighted by atomic mass is 31.2. The van der Waals surface area contributed by atoms with E-state index in [1.165, 1.54) is 0 Å². The second kappa shape index (κ2) is 4.47. The topological polar surface area (TPSA) is 0 Å². The maximum absolute atomic E-state index is 3.88. The Bertz CT molecular complexity index is 120. The van der Waals surface area contributed by atoms with Gasteiger partial charge >= 0.3 is 0 Å². The molecule has 0 N–H and O–H groups in total. The quantitative estimate of drug-likeness (QED) is 0.503. The summed E-state index contributed by atoms with van der Waals surface area (Å²) in [5.41, 5.74) is 0. The molecule has 0 unspecified atom stereocenters. The smallest absolute Gasteiger partial charge is 0.0456 e. The fraction of sp³-hybridized carbons (Fsp3) is 0.750. The summed E-state index contributed by atoms with van der Waals surface area (Å²) in [4.78, 5) is 0. The van der Waals surface area contributed by atoms with E-state index in [0.29, 0.717) is 0 Å². The SMILES string of the molecule is C=P(C)(C)C.C=P(C)(C)C. The molecule has 0 aromatic carbocycles. The summed E-state index contributed by atoms with van der Waals surface area (Å²) in [5.74, 6) is 0. The lowest BCUT2D eigenvalue weighted by molar-refractivity contribution is 2.11. The molecule has 2 heteroatoms. The maximum Gasteiger partial charge on any atom is -0.0456 e. The van der Waals surface area contributed by atoms with E-state index in [1.807, 2.05) is 0 Å². The Morgan fingerprint density at radius 1 is 0.600 bits per heavy atom. The molecule has 0 radical (unpaired) electrons. The van der Waals surface area contributed by atoms with Crippen LogP contribution < -0.4 is 0 Å². The molecule has 10 heavy (non-hydrogen) atoms. The van der Waals surface area contributed by atoms with E-state index in [1.54, 1.807) is 0 Å². The van der Waals surface area contributed by atoms with Crippen LogP contribution in [0.5, 0.6) is 0 Å². The molecule has 0 aliphatic rings. The third-order valence-corrected chi connectivity index (χ3v) is 0. The van der Waals surface area contributed by atoms with Gasteiger partial charge in [0.1, 0.15) is 0 Å². The highest BCUT2D eigenvalue weighted by Crippen LogP contribution is 2.28. The highest BCUT2D eigenvalue weighted by Gasteiger charge is 1.79. The molecular weight excluding hydrogens is 158 g/mol. The van der Waals surface area contributed by atoms with Crippen LogP contribution in [0.4, 0.5) is 0 Å². The van der Waals surface area contributed by atoms with Crippen molar-refractivity contribution in [1.29, 1.82) is 0 Å². The minimum Gasteiger partial charge on any atom is -0.121 e. The van der Waals surface area contributed by atoms with Crippen molar-refractivity contribution in [2.45, 2.75) is 0 Å². The van der Waals surface area contributed by atoms with Gasteiger partial charge in [0.15, 0.2) is 0 Å². The number of rotatable bonds is 0. The average molecular weight is 180 g/mol. The van der Waals surface area contributed by atoms with E-state index in [4.69, 9.17) is 0 Å². The molecular formula is C8H22P2. The van der Waals surface area contributed by atoms with Crippen LogP contribution in [0.3, 0.4) is 0 Å². The molecule has 0 aliphatic carbocycles. The van der Waals surface area contributed by atoms with Crippen molar-refractivity contribution in [3.8, 4) is 0 Å². The van der Waals surface area contributed by atoms with Gasteiger partial charge in [0, 0.05) is 0 Å². The molecule has 0 saturated heterocycles. The first-order valence-electron chi connectivity index (χ1n) is 3.32. The van der Waals surface area contributed by atoms with Gasteiger partial charge < -0.3 is 0 Å². The van der Waals surface area contributed by atoms with Gasteiger partial charge in [-0.25, -0.2) is 0 Å². The van der Waals surface area contributed by atoms with E-state index in [9.17, 15) is 0 Å². The van der Waals surface area contributed by atoms with Crippen LogP contribution in [0, 0.1) is 0 Å². The average Bonchev–Trinajstić information content (AvgIpc) is 1.12. The predicted octanol–water partition coefficient (Wildman–Crippen LogP) is 2.65. The Labute approximate surface area is 67.0 Å². The molecule has 0 saturated carbocycles. The summed E-state index contributed by atoms with van der Waals surface area (Å²) >= 11 is 0. The van der Waals surface area contributed by atoms with Gasteiger partial charge in [-0.1, -0.05) is 0 Å². The van der Waals surface area contributed by atoms with Gasteiger partial charge in [-0.05, 0) is 40.0 Å². The lowest BCUT2D eigenvalue weighted by Gasteiger charge is -1.96. The highest BCUT2D eigenvalue weighted by molar-refractivity contribution is 7.71. The van der Waals surface area contributed by atoms with Crippen molar-refractivity contribution in [2.24, 2.45) is 0 Å². The van der Waals surface area contributed by atoms with Crippen LogP contribution in [-0.4, -0.2) is 52.6 Å². The Morgan fingerprint density at radius 2 is 0.600 bits per heavy atom. The van der Waals surface area contributed by atoms with Crippen molar-refractivity contribution >= 4 is 26.4 Å². The van der Waals surface area contributed by atoms with Crippen LogP contribution in [0.25, 0.3) is 0 Å². The first-order chi connectivity index (χ1) is 4.00. The molecule has 0 bridgehead atoms. The van der Waals surface area contributed by atoms with Gasteiger partial charge in [-0.2, -0.15) is 0 Å². The Balaban J connectivity index is 0. The van der Waals surface area contributed by atoms with Crippen molar-refractivity contribution in [3.05, 3.63) is 0 Å². The number of hydrogen-bond acceptors (Lipinski definition) is 0. The first-order valence-corrected chi connectivity index (χ1v) is 9.95. The van der Waals surface area contributed by atoms with E-state index in [0.717, 1.165) is 0 Å². The summed E-state index contributed by atoms with van der Waals surface area (Å²) in [6, 6.07) is 0. The summed E-state index contributed by atoms with van der Waals surface area (Å²) in [6.07, 6.45) is 7.76. The molecule has 0 aromatic rings. The summed E-state index contributed by atoms with van der Waals surface area (Å²) < 4.78 is 0. The fourth-order valence-corrected chi connectivity index (χ4v) is 0. The van der Waals surface area contributed by atoms with Crippen LogP contribution in [-0.2, 0) is 0 Å². The molecule has 0 heterocycles. The van der Waals surface area contributed by atoms with Gasteiger partial charge in [-0.15, -0.1) is 26.4 Å². The zero-order valence-electron chi connectivity index (χ0n) is 8.31. The lowest BCUT2D eigenvalue weighted by Crippen LogP contribution is -1.62. The van der Waals surface area contributed by atoms with Crippen LogP contribution in [0.2, 0.25) is 0 Å². The summed E-state index contributed by atoms with van der Waals surface area (Å²) in [6.45, 7) is 11.8. The molecule has 0 spiro atoms. The zero-order valence-corrected chi connectivity index (χ0v) is 10.1. The molecule has 0 aromatic heterocycles. The van der Waals surface area contributed by atoms with E-state index < -0.39 is 13.8 Å². The second-order valence-corrected chi connectivity index (χ2v) is 13.7. The first kappa shape index (κ1) is 13.2. The second-order valence-electron chi connectivity index (χ2n) is 4.58. The molecule has 0 atom stereocenters. The summed E-state index contributed by atoms with van der Waals surface area (Å²) in [7, 11) is 0. The standard InChI is InChI=1S/2C4H11P/c2*1-5(2,3)4/h2*1H2,2-4H3. The third-order valence-electron chi connectivity index (χ3n) is 0. The third kappa shape index (κ3) is 1380. The minimum atomic E-state index is -0.639. The van der Waals surface area contributed by atoms with E-state index >= 15 is 0 Å².